The molecule has 0 aromatic carbocycles. The summed E-state index contributed by atoms with van der Waals surface area (Å²) in [7, 11) is 0. The van der Waals surface area contributed by atoms with Crippen molar-refractivity contribution in [2.24, 2.45) is 0 Å². The maximum absolute atomic E-state index is 12.9. The minimum Gasteiger partial charge on any atom is -0.379 e. The van der Waals surface area contributed by atoms with Gasteiger partial charge in [0.2, 0.25) is 5.91 Å². The SMILES string of the molecule is Cc1cnn(CC2CCCN2C(=O)C(C)N2CCOCC2)c1. The highest BCUT2D eigenvalue weighted by Crippen LogP contribution is 2.21. The summed E-state index contributed by atoms with van der Waals surface area (Å²) in [5.74, 6) is 0.258. The van der Waals surface area contributed by atoms with Crippen LogP contribution < -0.4 is 0 Å². The maximum Gasteiger partial charge on any atom is 0.239 e. The number of rotatable bonds is 4. The molecule has 2 aliphatic rings. The highest BCUT2D eigenvalue weighted by atomic mass is 16.5. The van der Waals surface area contributed by atoms with Crippen molar-refractivity contribution in [2.75, 3.05) is 32.8 Å². The van der Waals surface area contributed by atoms with Gasteiger partial charge in [0.1, 0.15) is 0 Å². The van der Waals surface area contributed by atoms with E-state index in [0.29, 0.717) is 0 Å². The van der Waals surface area contributed by atoms with Gasteiger partial charge in [0.15, 0.2) is 0 Å². The molecule has 2 fully saturated rings. The number of hydrogen-bond donors (Lipinski definition) is 0. The minimum absolute atomic E-state index is 0.0520. The molecular weight excluding hydrogens is 280 g/mol. The van der Waals surface area contributed by atoms with Crippen molar-refractivity contribution in [2.45, 2.75) is 45.3 Å². The van der Waals surface area contributed by atoms with Crippen LogP contribution in [-0.2, 0) is 16.1 Å². The first-order valence-corrected chi connectivity index (χ1v) is 8.26. The van der Waals surface area contributed by atoms with Crippen LogP contribution in [0.1, 0.15) is 25.3 Å². The van der Waals surface area contributed by atoms with Gasteiger partial charge in [-0.15, -0.1) is 0 Å². The fourth-order valence-electron chi connectivity index (χ4n) is 3.46. The van der Waals surface area contributed by atoms with E-state index in [4.69, 9.17) is 4.74 Å². The Morgan fingerprint density at radius 2 is 2.18 bits per heavy atom. The quantitative estimate of drug-likeness (QED) is 0.829. The lowest BCUT2D eigenvalue weighted by molar-refractivity contribution is -0.139. The molecule has 2 unspecified atom stereocenters. The van der Waals surface area contributed by atoms with Gasteiger partial charge in [-0.3, -0.25) is 14.4 Å². The summed E-state index contributed by atoms with van der Waals surface area (Å²) in [5, 5.41) is 4.36. The zero-order valence-corrected chi connectivity index (χ0v) is 13.6. The molecule has 0 N–H and O–H groups in total. The van der Waals surface area contributed by atoms with Crippen LogP contribution in [0, 0.1) is 6.92 Å². The number of morpholine rings is 1. The molecule has 2 aliphatic heterocycles. The third kappa shape index (κ3) is 3.33. The number of likely N-dealkylation sites (tertiary alicyclic amines) is 1. The van der Waals surface area contributed by atoms with Gasteiger partial charge in [0.05, 0.1) is 38.0 Å². The third-order valence-corrected chi connectivity index (χ3v) is 4.77. The summed E-state index contributed by atoms with van der Waals surface area (Å²) in [6.45, 7) is 8.91. The van der Waals surface area contributed by atoms with E-state index in [0.717, 1.165) is 57.8 Å². The molecule has 2 saturated heterocycles. The van der Waals surface area contributed by atoms with Crippen molar-refractivity contribution in [3.05, 3.63) is 18.0 Å². The van der Waals surface area contributed by atoms with Crippen LogP contribution in [0.15, 0.2) is 12.4 Å². The molecule has 122 valence electrons. The van der Waals surface area contributed by atoms with E-state index in [1.165, 1.54) is 0 Å². The van der Waals surface area contributed by atoms with E-state index in [2.05, 4.69) is 14.9 Å². The largest absolute Gasteiger partial charge is 0.379 e. The van der Waals surface area contributed by atoms with Gasteiger partial charge < -0.3 is 9.64 Å². The molecule has 22 heavy (non-hydrogen) atoms. The molecule has 0 spiro atoms. The summed E-state index contributed by atoms with van der Waals surface area (Å²) >= 11 is 0. The first kappa shape index (κ1) is 15.5. The van der Waals surface area contributed by atoms with Gasteiger partial charge in [-0.05, 0) is 32.3 Å². The molecule has 6 nitrogen and oxygen atoms in total. The Kier molecular flexibility index (Phi) is 4.78. The predicted molar refractivity (Wildman–Crippen MR) is 83.6 cm³/mol. The Balaban J connectivity index is 1.62. The number of aryl methyl sites for hydroxylation is 1. The standard InChI is InChI=1S/C16H26N4O2/c1-13-10-17-19(11-13)12-15-4-3-5-20(15)16(21)14(2)18-6-8-22-9-7-18/h10-11,14-15H,3-9,12H2,1-2H3. The average molecular weight is 306 g/mol. The van der Waals surface area contributed by atoms with Crippen LogP contribution in [-0.4, -0.2) is 70.4 Å². The van der Waals surface area contributed by atoms with Crippen molar-refractivity contribution < 1.29 is 9.53 Å². The van der Waals surface area contributed by atoms with Gasteiger partial charge in [-0.2, -0.15) is 5.10 Å². The number of amides is 1. The summed E-state index contributed by atoms with van der Waals surface area (Å²) in [5.41, 5.74) is 1.16. The molecule has 1 aromatic rings. The van der Waals surface area contributed by atoms with E-state index in [9.17, 15) is 4.79 Å². The highest BCUT2D eigenvalue weighted by molar-refractivity contribution is 5.82. The van der Waals surface area contributed by atoms with Crippen LogP contribution in [0.2, 0.25) is 0 Å². The smallest absolute Gasteiger partial charge is 0.239 e. The number of hydrogen-bond acceptors (Lipinski definition) is 4. The molecule has 0 radical (unpaired) electrons. The van der Waals surface area contributed by atoms with Crippen molar-refractivity contribution in [1.29, 1.82) is 0 Å². The van der Waals surface area contributed by atoms with Crippen LogP contribution in [0.25, 0.3) is 0 Å². The van der Waals surface area contributed by atoms with E-state index >= 15 is 0 Å². The fraction of sp³-hybridized carbons (Fsp3) is 0.750. The molecule has 6 heteroatoms. The third-order valence-electron chi connectivity index (χ3n) is 4.77. The van der Waals surface area contributed by atoms with Crippen LogP contribution >= 0.6 is 0 Å². The Morgan fingerprint density at radius 1 is 1.41 bits per heavy atom. The van der Waals surface area contributed by atoms with Crippen LogP contribution in [0.5, 0.6) is 0 Å². The first-order chi connectivity index (χ1) is 10.6. The molecule has 0 saturated carbocycles. The van der Waals surface area contributed by atoms with Gasteiger partial charge in [0, 0.05) is 25.8 Å². The minimum atomic E-state index is -0.0520. The zero-order valence-electron chi connectivity index (χ0n) is 13.6. The van der Waals surface area contributed by atoms with Crippen molar-refractivity contribution in [3.8, 4) is 0 Å². The molecule has 0 bridgehead atoms. The Morgan fingerprint density at radius 3 is 2.86 bits per heavy atom. The predicted octanol–water partition coefficient (Wildman–Crippen LogP) is 0.903. The average Bonchev–Trinajstić information content (AvgIpc) is 3.16. The van der Waals surface area contributed by atoms with Crippen molar-refractivity contribution >= 4 is 5.91 Å². The summed E-state index contributed by atoms with van der Waals surface area (Å²) < 4.78 is 7.34. The first-order valence-electron chi connectivity index (χ1n) is 8.26. The normalized spacial score (nSPS) is 24.6. The lowest BCUT2D eigenvalue weighted by Crippen LogP contribution is -2.52. The molecule has 2 atom stereocenters. The second-order valence-corrected chi connectivity index (χ2v) is 6.39. The molecular formula is C16H26N4O2. The van der Waals surface area contributed by atoms with Gasteiger partial charge in [-0.25, -0.2) is 0 Å². The molecule has 3 rings (SSSR count). The topological polar surface area (TPSA) is 50.6 Å². The van der Waals surface area contributed by atoms with Gasteiger partial charge >= 0.3 is 0 Å². The maximum atomic E-state index is 12.9. The second-order valence-electron chi connectivity index (χ2n) is 6.39. The lowest BCUT2D eigenvalue weighted by Gasteiger charge is -2.35. The summed E-state index contributed by atoms with van der Waals surface area (Å²) in [6.07, 6.45) is 6.08. The fourth-order valence-corrected chi connectivity index (χ4v) is 3.46. The number of carbonyl (C=O) groups excluding carboxylic acids is 1. The Hall–Kier alpha value is -1.40. The van der Waals surface area contributed by atoms with E-state index in [-0.39, 0.29) is 18.0 Å². The van der Waals surface area contributed by atoms with E-state index < -0.39 is 0 Å². The molecule has 0 aliphatic carbocycles. The number of nitrogens with zero attached hydrogens (tertiary/aromatic N) is 4. The zero-order chi connectivity index (χ0) is 15.5. The number of aromatic nitrogens is 2. The van der Waals surface area contributed by atoms with Crippen molar-refractivity contribution in [3.63, 3.8) is 0 Å². The van der Waals surface area contributed by atoms with Gasteiger partial charge in [-0.1, -0.05) is 0 Å². The number of carbonyl (C=O) groups is 1. The Bertz CT molecular complexity index is 510. The second kappa shape index (κ2) is 6.79. The highest BCUT2D eigenvalue weighted by Gasteiger charge is 2.34. The van der Waals surface area contributed by atoms with Crippen molar-refractivity contribution in [1.82, 2.24) is 19.6 Å². The van der Waals surface area contributed by atoms with Crippen LogP contribution in [0.4, 0.5) is 0 Å². The number of ether oxygens (including phenoxy) is 1. The molecule has 1 aromatic heterocycles. The van der Waals surface area contributed by atoms with Crippen LogP contribution in [0.3, 0.4) is 0 Å². The lowest BCUT2D eigenvalue weighted by atomic mass is 10.2. The molecule has 3 heterocycles. The van der Waals surface area contributed by atoms with Gasteiger partial charge in [0.25, 0.3) is 0 Å². The Labute approximate surface area is 132 Å². The van der Waals surface area contributed by atoms with E-state index in [1.807, 2.05) is 30.9 Å². The van der Waals surface area contributed by atoms with E-state index in [1.54, 1.807) is 0 Å². The summed E-state index contributed by atoms with van der Waals surface area (Å²) in [6, 6.07) is 0.221. The molecule has 1 amide bonds. The summed E-state index contributed by atoms with van der Waals surface area (Å²) in [4.78, 5) is 17.2. The monoisotopic (exact) mass is 306 g/mol.